The highest BCUT2D eigenvalue weighted by molar-refractivity contribution is 6.12. The minimum absolute atomic E-state index is 0.633. The molecule has 226 valence electrons. The Morgan fingerprint density at radius 2 is 0.979 bits per heavy atom. The first-order valence-corrected chi connectivity index (χ1v) is 16.2. The van der Waals surface area contributed by atoms with Gasteiger partial charge in [0.15, 0.2) is 5.58 Å². The minimum atomic E-state index is 0.633. The Hall–Kier alpha value is -6.45. The monoisotopic (exact) mass is 614 g/mol. The molecule has 0 aliphatic rings. The zero-order chi connectivity index (χ0) is 31.9. The molecule has 48 heavy (non-hydrogen) atoms. The van der Waals surface area contributed by atoms with Crippen molar-refractivity contribution >= 4 is 49.7 Å². The van der Waals surface area contributed by atoms with Crippen LogP contribution in [0.4, 0.5) is 17.1 Å². The maximum Gasteiger partial charge on any atom is 0.227 e. The summed E-state index contributed by atoms with van der Waals surface area (Å²) in [7, 11) is 0. The Balaban J connectivity index is 1.10. The van der Waals surface area contributed by atoms with Crippen LogP contribution in [0.25, 0.3) is 66.4 Å². The van der Waals surface area contributed by atoms with E-state index in [0.717, 1.165) is 55.6 Å². The number of benzene rings is 8. The lowest BCUT2D eigenvalue weighted by Crippen LogP contribution is -2.09. The minimum Gasteiger partial charge on any atom is -0.436 e. The number of oxazole rings is 1. The molecule has 0 amide bonds. The van der Waals surface area contributed by atoms with Gasteiger partial charge in [0, 0.05) is 28.0 Å². The van der Waals surface area contributed by atoms with E-state index in [1.165, 1.54) is 21.9 Å². The molecule has 0 saturated carbocycles. The van der Waals surface area contributed by atoms with Gasteiger partial charge in [-0.3, -0.25) is 0 Å². The molecule has 8 aromatic carbocycles. The Labute approximate surface area is 279 Å². The summed E-state index contributed by atoms with van der Waals surface area (Å²) in [5.41, 5.74) is 10.6. The van der Waals surface area contributed by atoms with E-state index in [1.54, 1.807) is 0 Å². The van der Waals surface area contributed by atoms with Crippen LogP contribution in [-0.2, 0) is 0 Å². The van der Waals surface area contributed by atoms with Crippen molar-refractivity contribution in [1.82, 2.24) is 4.98 Å². The molecular weight excluding hydrogens is 585 g/mol. The van der Waals surface area contributed by atoms with Crippen LogP contribution in [0.2, 0.25) is 0 Å². The lowest BCUT2D eigenvalue weighted by molar-refractivity contribution is 0.620. The number of para-hydroxylation sites is 1. The molecule has 9 aromatic rings. The van der Waals surface area contributed by atoms with Crippen LogP contribution in [-0.4, -0.2) is 4.98 Å². The van der Waals surface area contributed by atoms with Gasteiger partial charge in [0.25, 0.3) is 0 Å². The molecule has 0 aliphatic heterocycles. The lowest BCUT2D eigenvalue weighted by atomic mass is 9.97. The smallest absolute Gasteiger partial charge is 0.227 e. The molecule has 0 atom stereocenters. The number of fused-ring (bicyclic) bond motifs is 4. The molecule has 1 heterocycles. The second-order valence-corrected chi connectivity index (χ2v) is 12.0. The molecule has 1 aromatic heterocycles. The average Bonchev–Trinajstić information content (AvgIpc) is 3.61. The van der Waals surface area contributed by atoms with E-state index < -0.39 is 0 Å². The van der Waals surface area contributed by atoms with Gasteiger partial charge in [-0.05, 0) is 99.1 Å². The number of rotatable bonds is 6. The first kappa shape index (κ1) is 27.8. The highest BCUT2D eigenvalue weighted by Crippen LogP contribution is 2.39. The third kappa shape index (κ3) is 4.99. The summed E-state index contributed by atoms with van der Waals surface area (Å²) in [6, 6.07) is 64.0. The van der Waals surface area contributed by atoms with Crippen LogP contribution >= 0.6 is 0 Å². The van der Waals surface area contributed by atoms with Crippen LogP contribution in [0.5, 0.6) is 0 Å². The molecule has 0 spiro atoms. The summed E-state index contributed by atoms with van der Waals surface area (Å²) in [6.45, 7) is 0. The molecule has 0 saturated heterocycles. The van der Waals surface area contributed by atoms with Crippen LogP contribution in [0.3, 0.4) is 0 Å². The molecule has 0 unspecified atom stereocenters. The fourth-order valence-corrected chi connectivity index (χ4v) is 6.69. The fourth-order valence-electron chi connectivity index (χ4n) is 6.69. The van der Waals surface area contributed by atoms with Gasteiger partial charge in [0.1, 0.15) is 5.52 Å². The Morgan fingerprint density at radius 1 is 0.396 bits per heavy atom. The van der Waals surface area contributed by atoms with Crippen molar-refractivity contribution in [3.8, 4) is 33.7 Å². The quantitative estimate of drug-likeness (QED) is 0.187. The van der Waals surface area contributed by atoms with E-state index in [9.17, 15) is 0 Å². The van der Waals surface area contributed by atoms with E-state index in [-0.39, 0.29) is 0 Å². The van der Waals surface area contributed by atoms with Gasteiger partial charge in [-0.1, -0.05) is 121 Å². The van der Waals surface area contributed by atoms with Crippen LogP contribution < -0.4 is 4.90 Å². The zero-order valence-corrected chi connectivity index (χ0v) is 26.1. The van der Waals surface area contributed by atoms with Gasteiger partial charge in [0.2, 0.25) is 5.89 Å². The number of anilines is 3. The normalized spacial score (nSPS) is 11.3. The topological polar surface area (TPSA) is 29.3 Å². The standard InChI is InChI=1S/C45H30N2O/c1-3-11-35(12-4-1)45-46-44-42(48-45)29-24-34-14-9-17-41(43(34)44)33-22-27-40(28-23-33)47(38-15-5-2-6-16-38)39-25-20-32(21-26-39)37-19-18-31-10-7-8-13-36(31)30-37/h1-30H. The second kappa shape index (κ2) is 11.7. The van der Waals surface area contributed by atoms with Crippen molar-refractivity contribution in [1.29, 1.82) is 0 Å². The first-order valence-electron chi connectivity index (χ1n) is 16.2. The maximum absolute atomic E-state index is 6.24. The van der Waals surface area contributed by atoms with Crippen molar-refractivity contribution < 1.29 is 4.42 Å². The molecule has 0 bridgehead atoms. The maximum atomic E-state index is 6.24. The Bertz CT molecular complexity index is 2540. The zero-order valence-electron chi connectivity index (χ0n) is 26.1. The molecule has 3 nitrogen and oxygen atoms in total. The molecule has 0 radical (unpaired) electrons. The lowest BCUT2D eigenvalue weighted by Gasteiger charge is -2.26. The molecule has 0 aliphatic carbocycles. The average molecular weight is 615 g/mol. The second-order valence-electron chi connectivity index (χ2n) is 12.0. The van der Waals surface area contributed by atoms with Gasteiger partial charge in [-0.2, -0.15) is 0 Å². The number of hydrogen-bond acceptors (Lipinski definition) is 3. The third-order valence-corrected chi connectivity index (χ3v) is 9.08. The van der Waals surface area contributed by atoms with Crippen molar-refractivity contribution in [2.75, 3.05) is 4.90 Å². The van der Waals surface area contributed by atoms with Crippen molar-refractivity contribution in [3.05, 3.63) is 182 Å². The number of hydrogen-bond donors (Lipinski definition) is 0. The fraction of sp³-hybridized carbons (Fsp3) is 0. The number of nitrogens with zero attached hydrogens (tertiary/aromatic N) is 2. The molecule has 0 N–H and O–H groups in total. The summed E-state index contributed by atoms with van der Waals surface area (Å²) in [5, 5.41) is 4.73. The molecule has 9 rings (SSSR count). The van der Waals surface area contributed by atoms with Crippen molar-refractivity contribution in [2.24, 2.45) is 0 Å². The van der Waals surface area contributed by atoms with E-state index in [2.05, 4.69) is 150 Å². The highest BCUT2D eigenvalue weighted by Gasteiger charge is 2.16. The van der Waals surface area contributed by atoms with E-state index >= 15 is 0 Å². The Morgan fingerprint density at radius 3 is 1.73 bits per heavy atom. The summed E-state index contributed by atoms with van der Waals surface area (Å²) >= 11 is 0. The van der Waals surface area contributed by atoms with Crippen LogP contribution in [0.1, 0.15) is 0 Å². The van der Waals surface area contributed by atoms with Crippen LogP contribution in [0.15, 0.2) is 186 Å². The summed E-state index contributed by atoms with van der Waals surface area (Å²) in [6.07, 6.45) is 0. The van der Waals surface area contributed by atoms with Gasteiger partial charge in [0.05, 0.1) is 0 Å². The van der Waals surface area contributed by atoms with Crippen molar-refractivity contribution in [3.63, 3.8) is 0 Å². The molecule has 3 heteroatoms. The molecule has 0 fully saturated rings. The summed E-state index contributed by atoms with van der Waals surface area (Å²) in [5.74, 6) is 0.633. The van der Waals surface area contributed by atoms with Gasteiger partial charge < -0.3 is 9.32 Å². The van der Waals surface area contributed by atoms with E-state index in [0.29, 0.717) is 5.89 Å². The van der Waals surface area contributed by atoms with Crippen molar-refractivity contribution in [2.45, 2.75) is 0 Å². The first-order chi connectivity index (χ1) is 23.8. The Kier molecular flexibility index (Phi) is 6.80. The van der Waals surface area contributed by atoms with E-state index in [1.807, 2.05) is 36.4 Å². The van der Waals surface area contributed by atoms with Gasteiger partial charge >= 0.3 is 0 Å². The summed E-state index contributed by atoms with van der Waals surface area (Å²) in [4.78, 5) is 7.30. The summed E-state index contributed by atoms with van der Waals surface area (Å²) < 4.78 is 6.24. The highest BCUT2D eigenvalue weighted by atomic mass is 16.3. The predicted octanol–water partition coefficient (Wildman–Crippen LogP) is 12.6. The van der Waals surface area contributed by atoms with Gasteiger partial charge in [-0.25, -0.2) is 4.98 Å². The van der Waals surface area contributed by atoms with Gasteiger partial charge in [-0.15, -0.1) is 0 Å². The van der Waals surface area contributed by atoms with E-state index in [4.69, 9.17) is 9.40 Å². The third-order valence-electron chi connectivity index (χ3n) is 9.08. The van der Waals surface area contributed by atoms with Crippen LogP contribution in [0, 0.1) is 0 Å². The SMILES string of the molecule is c1ccc(-c2nc3c(ccc4cccc(-c5ccc(N(c6ccccc6)c6ccc(-c7ccc8ccccc8c7)cc6)cc5)c43)o2)cc1. The predicted molar refractivity (Wildman–Crippen MR) is 200 cm³/mol. The number of aromatic nitrogens is 1. The molecular formula is C45H30N2O. The largest absolute Gasteiger partial charge is 0.436 e.